The Morgan fingerprint density at radius 3 is 2.67 bits per heavy atom. The smallest absolute Gasteiger partial charge is 0.198 e. The zero-order valence-electron chi connectivity index (χ0n) is 15.4. The van der Waals surface area contributed by atoms with Crippen molar-refractivity contribution in [1.82, 2.24) is 15.1 Å². The van der Waals surface area contributed by atoms with Crippen molar-refractivity contribution in [3.05, 3.63) is 78.1 Å². The van der Waals surface area contributed by atoms with E-state index in [1.807, 2.05) is 24.0 Å². The van der Waals surface area contributed by atoms with Gasteiger partial charge in [-0.25, -0.2) is 4.68 Å². The van der Waals surface area contributed by atoms with Crippen molar-refractivity contribution in [2.75, 3.05) is 25.0 Å². The van der Waals surface area contributed by atoms with Gasteiger partial charge in [0.15, 0.2) is 5.96 Å². The molecule has 0 saturated carbocycles. The first-order valence-corrected chi connectivity index (χ1v) is 9.00. The first-order chi connectivity index (χ1) is 12.8. The number of aliphatic imine (C=N–C) groups is 1. The quantitative estimate of drug-likeness (QED) is 0.358. The van der Waals surface area contributed by atoms with Gasteiger partial charge in [0.05, 0.1) is 5.69 Å². The Bertz CT molecular complexity index is 887. The third-order valence-corrected chi connectivity index (χ3v) is 4.76. The number of hydrogen-bond acceptors (Lipinski definition) is 2. The summed E-state index contributed by atoms with van der Waals surface area (Å²) in [4.78, 5) is 6.74. The fourth-order valence-electron chi connectivity index (χ4n) is 3.41. The van der Waals surface area contributed by atoms with Crippen molar-refractivity contribution in [2.24, 2.45) is 4.99 Å². The molecule has 1 N–H and O–H groups in total. The highest BCUT2D eigenvalue weighted by molar-refractivity contribution is 14.0. The number of halogens is 1. The Balaban J connectivity index is 0.00000210. The molecule has 0 unspecified atom stereocenters. The molecule has 0 atom stereocenters. The van der Waals surface area contributed by atoms with Gasteiger partial charge < -0.3 is 10.2 Å². The van der Waals surface area contributed by atoms with E-state index in [4.69, 9.17) is 0 Å². The van der Waals surface area contributed by atoms with Gasteiger partial charge in [0.2, 0.25) is 0 Å². The summed E-state index contributed by atoms with van der Waals surface area (Å²) in [5.41, 5.74) is 5.04. The van der Waals surface area contributed by atoms with Crippen LogP contribution >= 0.6 is 24.0 Å². The number of para-hydroxylation sites is 1. The Labute approximate surface area is 177 Å². The predicted octanol–water partition coefficient (Wildman–Crippen LogP) is 3.67. The molecule has 3 aromatic rings. The second kappa shape index (κ2) is 9.03. The minimum absolute atomic E-state index is 0. The summed E-state index contributed by atoms with van der Waals surface area (Å²) >= 11 is 0. The fourth-order valence-corrected chi connectivity index (χ4v) is 3.41. The van der Waals surface area contributed by atoms with Gasteiger partial charge in [-0.2, -0.15) is 5.10 Å². The van der Waals surface area contributed by atoms with Crippen molar-refractivity contribution in [3.8, 4) is 5.69 Å². The van der Waals surface area contributed by atoms with Crippen LogP contribution in [0.5, 0.6) is 0 Å². The van der Waals surface area contributed by atoms with Gasteiger partial charge in [0, 0.05) is 38.2 Å². The number of hydrogen-bond donors (Lipinski definition) is 1. The molecule has 0 saturated heterocycles. The van der Waals surface area contributed by atoms with Crippen molar-refractivity contribution in [3.63, 3.8) is 0 Å². The van der Waals surface area contributed by atoms with Gasteiger partial charge in [-0.1, -0.05) is 30.3 Å². The number of nitrogens with one attached hydrogen (secondary N) is 1. The number of fused-ring (bicyclic) bond motifs is 1. The Kier molecular flexibility index (Phi) is 6.49. The second-order valence-corrected chi connectivity index (χ2v) is 6.37. The lowest BCUT2D eigenvalue weighted by Crippen LogP contribution is -2.41. The van der Waals surface area contributed by atoms with Gasteiger partial charge in [-0.05, 0) is 48.2 Å². The molecule has 140 valence electrons. The van der Waals surface area contributed by atoms with Crippen LogP contribution in [0.3, 0.4) is 0 Å². The molecule has 1 aromatic heterocycles. The molecule has 27 heavy (non-hydrogen) atoms. The summed E-state index contributed by atoms with van der Waals surface area (Å²) in [6.45, 7) is 1.84. The first-order valence-electron chi connectivity index (χ1n) is 9.00. The van der Waals surface area contributed by atoms with Crippen LogP contribution < -0.4 is 10.2 Å². The van der Waals surface area contributed by atoms with E-state index in [-0.39, 0.29) is 24.0 Å². The molecule has 0 amide bonds. The highest BCUT2D eigenvalue weighted by Crippen LogP contribution is 2.27. The summed E-state index contributed by atoms with van der Waals surface area (Å²) in [7, 11) is 1.85. The average Bonchev–Trinajstić information content (AvgIpc) is 3.36. The summed E-state index contributed by atoms with van der Waals surface area (Å²) in [6, 6.07) is 19.0. The lowest BCUT2D eigenvalue weighted by molar-refractivity contribution is 0.834. The highest BCUT2D eigenvalue weighted by atomic mass is 127. The molecular weight excluding hydrogens is 449 g/mol. The summed E-state index contributed by atoms with van der Waals surface area (Å²) in [6.07, 6.45) is 5.77. The van der Waals surface area contributed by atoms with Crippen LogP contribution in [0.4, 0.5) is 5.69 Å². The lowest BCUT2D eigenvalue weighted by atomic mass is 10.1. The Hall–Kier alpha value is -2.35. The molecule has 4 rings (SSSR count). The van der Waals surface area contributed by atoms with Crippen molar-refractivity contribution in [1.29, 1.82) is 0 Å². The number of anilines is 1. The normalized spacial score (nSPS) is 13.2. The van der Waals surface area contributed by atoms with Crippen molar-refractivity contribution < 1.29 is 0 Å². The van der Waals surface area contributed by atoms with E-state index in [1.165, 1.54) is 16.8 Å². The van der Waals surface area contributed by atoms with Crippen molar-refractivity contribution in [2.45, 2.75) is 12.8 Å². The van der Waals surface area contributed by atoms with Gasteiger partial charge in [0.25, 0.3) is 0 Å². The summed E-state index contributed by atoms with van der Waals surface area (Å²) in [5, 5.41) is 7.76. The molecule has 0 fully saturated rings. The van der Waals surface area contributed by atoms with E-state index in [1.54, 1.807) is 6.20 Å². The van der Waals surface area contributed by atoms with Gasteiger partial charge >= 0.3 is 0 Å². The minimum Gasteiger partial charge on any atom is -0.356 e. The minimum atomic E-state index is 0. The summed E-state index contributed by atoms with van der Waals surface area (Å²) < 4.78 is 1.87. The predicted molar refractivity (Wildman–Crippen MR) is 122 cm³/mol. The number of benzene rings is 2. The van der Waals surface area contributed by atoms with Crippen LogP contribution in [0, 0.1) is 0 Å². The maximum Gasteiger partial charge on any atom is 0.198 e. The molecule has 0 radical (unpaired) electrons. The van der Waals surface area contributed by atoms with E-state index in [9.17, 15) is 0 Å². The molecule has 0 spiro atoms. The topological polar surface area (TPSA) is 45.5 Å². The van der Waals surface area contributed by atoms with E-state index in [2.05, 4.69) is 68.8 Å². The molecule has 0 aliphatic carbocycles. The SMILES string of the molecule is CN=C(NCCc1ccc(-n2cccn2)cc1)N1CCc2ccccc21.I. The van der Waals surface area contributed by atoms with Crippen LogP contribution in [0.25, 0.3) is 5.69 Å². The van der Waals surface area contributed by atoms with Crippen LogP contribution in [0.1, 0.15) is 11.1 Å². The third kappa shape index (κ3) is 4.32. The molecular formula is C21H24IN5. The van der Waals surface area contributed by atoms with E-state index >= 15 is 0 Å². The van der Waals surface area contributed by atoms with E-state index in [0.717, 1.165) is 37.6 Å². The van der Waals surface area contributed by atoms with Crippen LogP contribution in [0.15, 0.2) is 72.0 Å². The number of guanidine groups is 1. The molecule has 6 heteroatoms. The number of rotatable bonds is 4. The molecule has 1 aliphatic heterocycles. The third-order valence-electron chi connectivity index (χ3n) is 4.76. The van der Waals surface area contributed by atoms with Crippen LogP contribution in [0.2, 0.25) is 0 Å². The monoisotopic (exact) mass is 473 g/mol. The molecule has 2 heterocycles. The molecule has 2 aromatic carbocycles. The second-order valence-electron chi connectivity index (χ2n) is 6.37. The molecule has 1 aliphatic rings. The van der Waals surface area contributed by atoms with E-state index in [0.29, 0.717) is 0 Å². The fraction of sp³-hybridized carbons (Fsp3) is 0.238. The summed E-state index contributed by atoms with van der Waals surface area (Å²) in [5.74, 6) is 0.947. The van der Waals surface area contributed by atoms with Crippen LogP contribution in [-0.2, 0) is 12.8 Å². The lowest BCUT2D eigenvalue weighted by Gasteiger charge is -2.22. The highest BCUT2D eigenvalue weighted by Gasteiger charge is 2.21. The van der Waals surface area contributed by atoms with Gasteiger partial charge in [0.1, 0.15) is 0 Å². The van der Waals surface area contributed by atoms with E-state index < -0.39 is 0 Å². The maximum absolute atomic E-state index is 4.47. The van der Waals surface area contributed by atoms with Crippen molar-refractivity contribution >= 4 is 35.6 Å². The Morgan fingerprint density at radius 1 is 1.11 bits per heavy atom. The number of aromatic nitrogens is 2. The standard InChI is InChI=1S/C21H23N5.HI/c1-22-21(25-16-12-18-5-2-3-6-20(18)25)23-14-11-17-7-9-19(10-8-17)26-15-4-13-24-26;/h2-10,13,15H,11-12,14,16H2,1H3,(H,22,23);1H. The van der Waals surface area contributed by atoms with Crippen LogP contribution in [-0.4, -0.2) is 35.9 Å². The number of nitrogens with zero attached hydrogens (tertiary/aromatic N) is 4. The molecule has 5 nitrogen and oxygen atoms in total. The Morgan fingerprint density at radius 2 is 1.93 bits per heavy atom. The maximum atomic E-state index is 4.47. The largest absolute Gasteiger partial charge is 0.356 e. The zero-order chi connectivity index (χ0) is 17.8. The van der Waals surface area contributed by atoms with Gasteiger partial charge in [-0.3, -0.25) is 4.99 Å². The first kappa shape index (κ1) is 19.4. The molecule has 0 bridgehead atoms. The zero-order valence-corrected chi connectivity index (χ0v) is 17.7. The average molecular weight is 473 g/mol. The van der Waals surface area contributed by atoms with Gasteiger partial charge in [-0.15, -0.1) is 24.0 Å².